The lowest BCUT2D eigenvalue weighted by molar-refractivity contribution is 0.283. The molecule has 0 aliphatic carbocycles. The molecular formula is C9H9NO2S. The number of phenols is 1. The van der Waals surface area contributed by atoms with Crippen molar-refractivity contribution < 1.29 is 10.2 Å². The van der Waals surface area contributed by atoms with E-state index in [1.807, 2.05) is 0 Å². The van der Waals surface area contributed by atoms with Crippen LogP contribution in [0.3, 0.4) is 0 Å². The standard InChI is InChI=1S/C9H9NO2S/c10-8-3-6-5(4-11)1-2-7(12)9(6)13-8/h1-3,11-12H,4,10H2. The molecular weight excluding hydrogens is 186 g/mol. The number of benzene rings is 1. The quantitative estimate of drug-likeness (QED) is 0.648. The molecule has 0 aliphatic heterocycles. The van der Waals surface area contributed by atoms with Gasteiger partial charge in [0.25, 0.3) is 0 Å². The van der Waals surface area contributed by atoms with E-state index in [0.29, 0.717) is 5.00 Å². The highest BCUT2D eigenvalue weighted by atomic mass is 32.1. The van der Waals surface area contributed by atoms with Gasteiger partial charge in [-0.15, -0.1) is 11.3 Å². The highest BCUT2D eigenvalue weighted by Gasteiger charge is 2.07. The normalized spacial score (nSPS) is 10.8. The predicted octanol–water partition coefficient (Wildman–Crippen LogP) is 1.68. The van der Waals surface area contributed by atoms with Crippen molar-refractivity contribution in [3.05, 3.63) is 23.8 Å². The molecule has 0 atom stereocenters. The third-order valence-corrected chi connectivity index (χ3v) is 2.93. The maximum atomic E-state index is 9.48. The van der Waals surface area contributed by atoms with Crippen molar-refractivity contribution in [2.24, 2.45) is 0 Å². The van der Waals surface area contributed by atoms with Gasteiger partial charge in [-0.05, 0) is 17.7 Å². The van der Waals surface area contributed by atoms with E-state index in [1.165, 1.54) is 11.3 Å². The van der Waals surface area contributed by atoms with E-state index in [1.54, 1.807) is 18.2 Å². The Balaban J connectivity index is 2.83. The molecule has 0 amide bonds. The Morgan fingerprint density at radius 2 is 2.15 bits per heavy atom. The summed E-state index contributed by atoms with van der Waals surface area (Å²) in [5.74, 6) is 0.217. The van der Waals surface area contributed by atoms with E-state index < -0.39 is 0 Å². The zero-order valence-electron chi connectivity index (χ0n) is 6.82. The Labute approximate surface area is 79.0 Å². The third kappa shape index (κ3) is 1.24. The van der Waals surface area contributed by atoms with Crippen LogP contribution in [0.5, 0.6) is 5.75 Å². The lowest BCUT2D eigenvalue weighted by Crippen LogP contribution is -1.82. The topological polar surface area (TPSA) is 66.5 Å². The van der Waals surface area contributed by atoms with Crippen molar-refractivity contribution in [2.45, 2.75) is 6.61 Å². The average molecular weight is 195 g/mol. The van der Waals surface area contributed by atoms with Crippen LogP contribution in [-0.2, 0) is 6.61 Å². The fourth-order valence-corrected chi connectivity index (χ4v) is 2.21. The average Bonchev–Trinajstić information content (AvgIpc) is 2.48. The Bertz CT molecular complexity index is 450. The molecule has 0 saturated carbocycles. The number of aliphatic hydroxyl groups is 1. The summed E-state index contributed by atoms with van der Waals surface area (Å²) in [4.78, 5) is 0. The number of thiophene rings is 1. The fraction of sp³-hybridized carbons (Fsp3) is 0.111. The third-order valence-electron chi connectivity index (χ3n) is 1.94. The first-order chi connectivity index (χ1) is 6.22. The molecule has 1 heterocycles. The van der Waals surface area contributed by atoms with Gasteiger partial charge in [0, 0.05) is 5.39 Å². The zero-order valence-corrected chi connectivity index (χ0v) is 7.64. The second-order valence-electron chi connectivity index (χ2n) is 2.79. The summed E-state index contributed by atoms with van der Waals surface area (Å²) in [5, 5.41) is 20.0. The van der Waals surface area contributed by atoms with Crippen LogP contribution in [0.25, 0.3) is 10.1 Å². The molecule has 4 N–H and O–H groups in total. The van der Waals surface area contributed by atoms with E-state index >= 15 is 0 Å². The SMILES string of the molecule is Nc1cc2c(CO)ccc(O)c2s1. The number of rotatable bonds is 1. The number of aromatic hydroxyl groups is 1. The van der Waals surface area contributed by atoms with Gasteiger partial charge in [0.15, 0.2) is 0 Å². The summed E-state index contributed by atoms with van der Waals surface area (Å²) in [5.41, 5.74) is 6.40. The summed E-state index contributed by atoms with van der Waals surface area (Å²) in [6.07, 6.45) is 0. The number of nitrogen functional groups attached to an aromatic ring is 1. The van der Waals surface area contributed by atoms with Crippen LogP contribution < -0.4 is 5.73 Å². The van der Waals surface area contributed by atoms with Crippen LogP contribution in [0.2, 0.25) is 0 Å². The molecule has 0 aliphatic rings. The molecule has 2 rings (SSSR count). The van der Waals surface area contributed by atoms with Gasteiger partial charge >= 0.3 is 0 Å². The lowest BCUT2D eigenvalue weighted by Gasteiger charge is -1.99. The van der Waals surface area contributed by atoms with Crippen LogP contribution in [0.15, 0.2) is 18.2 Å². The zero-order chi connectivity index (χ0) is 9.42. The first-order valence-electron chi connectivity index (χ1n) is 3.83. The fourth-order valence-electron chi connectivity index (χ4n) is 1.32. The summed E-state index contributed by atoms with van der Waals surface area (Å²) in [6, 6.07) is 5.04. The summed E-state index contributed by atoms with van der Waals surface area (Å²) in [7, 11) is 0. The van der Waals surface area contributed by atoms with E-state index in [2.05, 4.69) is 0 Å². The van der Waals surface area contributed by atoms with Gasteiger partial charge in [0.05, 0.1) is 16.3 Å². The maximum absolute atomic E-state index is 9.48. The van der Waals surface area contributed by atoms with E-state index in [9.17, 15) is 5.11 Å². The van der Waals surface area contributed by atoms with Crippen LogP contribution >= 0.6 is 11.3 Å². The van der Waals surface area contributed by atoms with Crippen LogP contribution in [0.1, 0.15) is 5.56 Å². The molecule has 0 unspecified atom stereocenters. The van der Waals surface area contributed by atoms with Crippen molar-refractivity contribution in [3.8, 4) is 5.75 Å². The molecule has 13 heavy (non-hydrogen) atoms. The second kappa shape index (κ2) is 2.90. The van der Waals surface area contributed by atoms with Crippen molar-refractivity contribution in [2.75, 3.05) is 5.73 Å². The Morgan fingerprint density at radius 3 is 2.85 bits per heavy atom. The van der Waals surface area contributed by atoms with Crippen LogP contribution in [-0.4, -0.2) is 10.2 Å². The number of anilines is 1. The molecule has 0 radical (unpaired) electrons. The summed E-state index contributed by atoms with van der Waals surface area (Å²) in [6.45, 7) is -0.0348. The van der Waals surface area contributed by atoms with E-state index in [-0.39, 0.29) is 12.4 Å². The number of phenolic OH excluding ortho intramolecular Hbond substituents is 1. The smallest absolute Gasteiger partial charge is 0.133 e. The minimum absolute atomic E-state index is 0.0348. The van der Waals surface area contributed by atoms with Gasteiger partial charge in [-0.3, -0.25) is 0 Å². The molecule has 2 aromatic rings. The highest BCUT2D eigenvalue weighted by Crippen LogP contribution is 2.36. The van der Waals surface area contributed by atoms with Gasteiger partial charge < -0.3 is 15.9 Å². The molecule has 0 fully saturated rings. The molecule has 3 nitrogen and oxygen atoms in total. The molecule has 0 spiro atoms. The van der Waals surface area contributed by atoms with Gasteiger partial charge in [-0.2, -0.15) is 0 Å². The largest absolute Gasteiger partial charge is 0.506 e. The maximum Gasteiger partial charge on any atom is 0.133 e. The van der Waals surface area contributed by atoms with Gasteiger partial charge in [-0.25, -0.2) is 0 Å². The number of fused-ring (bicyclic) bond motifs is 1. The Hall–Kier alpha value is -1.26. The monoisotopic (exact) mass is 195 g/mol. The summed E-state index contributed by atoms with van der Waals surface area (Å²) < 4.78 is 0.740. The Morgan fingerprint density at radius 1 is 1.38 bits per heavy atom. The number of hydrogen-bond donors (Lipinski definition) is 3. The van der Waals surface area contributed by atoms with Crippen molar-refractivity contribution in [1.29, 1.82) is 0 Å². The molecule has 0 bridgehead atoms. The molecule has 68 valence electrons. The van der Waals surface area contributed by atoms with Crippen molar-refractivity contribution in [3.63, 3.8) is 0 Å². The molecule has 1 aromatic heterocycles. The van der Waals surface area contributed by atoms with E-state index in [0.717, 1.165) is 15.6 Å². The van der Waals surface area contributed by atoms with Crippen LogP contribution in [0.4, 0.5) is 5.00 Å². The first-order valence-corrected chi connectivity index (χ1v) is 4.64. The van der Waals surface area contributed by atoms with Crippen molar-refractivity contribution in [1.82, 2.24) is 0 Å². The van der Waals surface area contributed by atoms with Gasteiger partial charge in [0.2, 0.25) is 0 Å². The lowest BCUT2D eigenvalue weighted by atomic mass is 10.1. The highest BCUT2D eigenvalue weighted by molar-refractivity contribution is 7.23. The minimum Gasteiger partial charge on any atom is -0.506 e. The van der Waals surface area contributed by atoms with Crippen LogP contribution in [0, 0.1) is 0 Å². The number of hydrogen-bond acceptors (Lipinski definition) is 4. The molecule has 4 heteroatoms. The van der Waals surface area contributed by atoms with E-state index in [4.69, 9.17) is 10.8 Å². The number of nitrogens with two attached hydrogens (primary N) is 1. The van der Waals surface area contributed by atoms with Gasteiger partial charge in [-0.1, -0.05) is 6.07 Å². The minimum atomic E-state index is -0.0348. The summed E-state index contributed by atoms with van der Waals surface area (Å²) >= 11 is 1.32. The number of aliphatic hydroxyl groups excluding tert-OH is 1. The first kappa shape index (κ1) is 8.34. The Kier molecular flexibility index (Phi) is 1.86. The second-order valence-corrected chi connectivity index (χ2v) is 3.88. The predicted molar refractivity (Wildman–Crippen MR) is 53.8 cm³/mol. The molecule has 0 saturated heterocycles. The molecule has 1 aromatic carbocycles. The van der Waals surface area contributed by atoms with Gasteiger partial charge in [0.1, 0.15) is 5.75 Å². The van der Waals surface area contributed by atoms with Crippen molar-refractivity contribution >= 4 is 26.4 Å².